The van der Waals surface area contributed by atoms with Crippen molar-refractivity contribution in [2.24, 2.45) is 0 Å². The van der Waals surface area contributed by atoms with Gasteiger partial charge in [-0.1, -0.05) is 0 Å². The molecule has 0 fully saturated rings. The molecule has 0 aromatic heterocycles. The Labute approximate surface area is 74.4 Å². The normalized spacial score (nSPS) is 10.0. The number of phenolic OH excluding ortho intramolecular Hbond substituents is 2. The molecule has 0 aliphatic carbocycles. The Kier molecular flexibility index (Phi) is 2.51. The third-order valence-corrected chi connectivity index (χ3v) is 1.63. The van der Waals surface area contributed by atoms with Gasteiger partial charge in [0, 0.05) is 12.0 Å². The first kappa shape index (κ1) is 9.51. The van der Waals surface area contributed by atoms with Crippen LogP contribution in [0.2, 0.25) is 0 Å². The third kappa shape index (κ3) is 1.96. The second-order valence-corrected chi connectivity index (χ2v) is 2.77. The number of aromatic hydroxyl groups is 2. The van der Waals surface area contributed by atoms with E-state index < -0.39 is 17.3 Å². The molecule has 0 unspecified atom stereocenters. The number of Topliss-reactive ketones (excluding diaryl/α,β-unsaturated/α-hetero) is 1. The van der Waals surface area contributed by atoms with Crippen LogP contribution >= 0.6 is 0 Å². The lowest BCUT2D eigenvalue weighted by atomic mass is 10.1. The van der Waals surface area contributed by atoms with Gasteiger partial charge in [-0.3, -0.25) is 4.79 Å². The quantitative estimate of drug-likeness (QED) is 0.682. The van der Waals surface area contributed by atoms with Gasteiger partial charge in [0.2, 0.25) is 0 Å². The Bertz CT molecular complexity index is 347. The molecule has 0 saturated carbocycles. The zero-order valence-electron chi connectivity index (χ0n) is 7.04. The van der Waals surface area contributed by atoms with Crippen molar-refractivity contribution in [1.82, 2.24) is 0 Å². The average molecular weight is 184 g/mol. The second kappa shape index (κ2) is 3.43. The highest BCUT2D eigenvalue weighted by Crippen LogP contribution is 2.30. The zero-order valence-corrected chi connectivity index (χ0v) is 7.04. The van der Waals surface area contributed by atoms with E-state index in [1.165, 1.54) is 6.92 Å². The number of hydrogen-bond donors (Lipinski definition) is 2. The van der Waals surface area contributed by atoms with Crippen LogP contribution in [-0.2, 0) is 11.2 Å². The van der Waals surface area contributed by atoms with Crippen molar-refractivity contribution in [3.8, 4) is 11.5 Å². The van der Waals surface area contributed by atoms with Crippen LogP contribution in [0.4, 0.5) is 4.39 Å². The molecule has 2 N–H and O–H groups in total. The van der Waals surface area contributed by atoms with Crippen LogP contribution < -0.4 is 0 Å². The van der Waals surface area contributed by atoms with Gasteiger partial charge < -0.3 is 10.2 Å². The number of halogens is 1. The Morgan fingerprint density at radius 1 is 1.46 bits per heavy atom. The summed E-state index contributed by atoms with van der Waals surface area (Å²) in [4.78, 5) is 10.7. The summed E-state index contributed by atoms with van der Waals surface area (Å²) in [7, 11) is 0. The molecule has 0 radical (unpaired) electrons. The van der Waals surface area contributed by atoms with E-state index in [4.69, 9.17) is 5.11 Å². The van der Waals surface area contributed by atoms with Gasteiger partial charge in [0.25, 0.3) is 0 Å². The van der Waals surface area contributed by atoms with E-state index >= 15 is 0 Å². The largest absolute Gasteiger partial charge is 0.504 e. The van der Waals surface area contributed by atoms with Crippen LogP contribution in [0.5, 0.6) is 11.5 Å². The number of rotatable bonds is 2. The molecule has 70 valence electrons. The van der Waals surface area contributed by atoms with E-state index in [-0.39, 0.29) is 17.8 Å². The molecule has 0 amide bonds. The molecule has 0 bridgehead atoms. The summed E-state index contributed by atoms with van der Waals surface area (Å²) in [5.74, 6) is -1.95. The van der Waals surface area contributed by atoms with Crippen molar-refractivity contribution >= 4 is 5.78 Å². The molecular formula is C9H9FO3. The summed E-state index contributed by atoms with van der Waals surface area (Å²) in [5.41, 5.74) is -0.160. The molecule has 0 saturated heterocycles. The summed E-state index contributed by atoms with van der Waals surface area (Å²) < 4.78 is 13.0. The summed E-state index contributed by atoms with van der Waals surface area (Å²) in [6.45, 7) is 1.28. The highest BCUT2D eigenvalue weighted by atomic mass is 19.1. The molecule has 0 spiro atoms. The maximum atomic E-state index is 13.0. The Morgan fingerprint density at radius 3 is 2.62 bits per heavy atom. The van der Waals surface area contributed by atoms with Gasteiger partial charge in [-0.05, 0) is 19.1 Å². The van der Waals surface area contributed by atoms with Gasteiger partial charge >= 0.3 is 0 Å². The fourth-order valence-electron chi connectivity index (χ4n) is 1.02. The maximum absolute atomic E-state index is 13.0. The van der Waals surface area contributed by atoms with Gasteiger partial charge in [0.1, 0.15) is 11.6 Å². The molecule has 1 aromatic carbocycles. The summed E-state index contributed by atoms with van der Waals surface area (Å²) in [6.07, 6.45) is -0.216. The fraction of sp³-hybridized carbons (Fsp3) is 0.222. The smallest absolute Gasteiger partial charge is 0.164 e. The summed E-state index contributed by atoms with van der Waals surface area (Å²) in [5, 5.41) is 18.2. The average Bonchev–Trinajstić information content (AvgIpc) is 2.05. The molecule has 1 aromatic rings. The number of phenols is 2. The van der Waals surface area contributed by atoms with Crippen molar-refractivity contribution in [2.45, 2.75) is 13.3 Å². The van der Waals surface area contributed by atoms with Gasteiger partial charge in [0.15, 0.2) is 11.5 Å². The van der Waals surface area contributed by atoms with Crippen LogP contribution in [0, 0.1) is 5.82 Å². The number of benzene rings is 1. The first-order valence-corrected chi connectivity index (χ1v) is 3.71. The van der Waals surface area contributed by atoms with Crippen molar-refractivity contribution in [3.63, 3.8) is 0 Å². The molecule has 1 rings (SSSR count). The molecule has 0 aliphatic heterocycles. The zero-order chi connectivity index (χ0) is 10.0. The van der Waals surface area contributed by atoms with Crippen LogP contribution in [0.3, 0.4) is 0 Å². The maximum Gasteiger partial charge on any atom is 0.164 e. The Hall–Kier alpha value is -1.58. The first-order valence-electron chi connectivity index (χ1n) is 3.71. The van der Waals surface area contributed by atoms with Gasteiger partial charge in [-0.2, -0.15) is 0 Å². The lowest BCUT2D eigenvalue weighted by Gasteiger charge is -2.04. The molecule has 0 aliphatic rings. The molecule has 3 nitrogen and oxygen atoms in total. The van der Waals surface area contributed by atoms with Crippen molar-refractivity contribution in [1.29, 1.82) is 0 Å². The second-order valence-electron chi connectivity index (χ2n) is 2.77. The monoisotopic (exact) mass is 184 g/mol. The minimum Gasteiger partial charge on any atom is -0.504 e. The van der Waals surface area contributed by atoms with E-state index in [9.17, 15) is 14.3 Å². The predicted molar refractivity (Wildman–Crippen MR) is 44.1 cm³/mol. The Morgan fingerprint density at radius 2 is 2.08 bits per heavy atom. The summed E-state index contributed by atoms with van der Waals surface area (Å²) in [6, 6.07) is 2.04. The third-order valence-electron chi connectivity index (χ3n) is 1.63. The molecule has 13 heavy (non-hydrogen) atoms. The van der Waals surface area contributed by atoms with Crippen LogP contribution in [0.15, 0.2) is 12.1 Å². The lowest BCUT2D eigenvalue weighted by molar-refractivity contribution is -0.116. The van der Waals surface area contributed by atoms with E-state index in [0.29, 0.717) is 0 Å². The topological polar surface area (TPSA) is 57.5 Å². The van der Waals surface area contributed by atoms with E-state index in [0.717, 1.165) is 12.1 Å². The SMILES string of the molecule is CC(=O)Cc1c(F)ccc(O)c1O. The van der Waals surface area contributed by atoms with E-state index in [1.807, 2.05) is 0 Å². The summed E-state index contributed by atoms with van der Waals surface area (Å²) >= 11 is 0. The standard InChI is InChI=1S/C9H9FO3/c1-5(11)4-6-7(10)2-3-8(12)9(6)13/h2-3,12-13H,4H2,1H3. The van der Waals surface area contributed by atoms with E-state index in [2.05, 4.69) is 0 Å². The lowest BCUT2D eigenvalue weighted by Crippen LogP contribution is -1.99. The van der Waals surface area contributed by atoms with Gasteiger partial charge in [0.05, 0.1) is 0 Å². The van der Waals surface area contributed by atoms with Crippen molar-refractivity contribution in [2.75, 3.05) is 0 Å². The minimum absolute atomic E-state index is 0.160. The van der Waals surface area contributed by atoms with Crippen LogP contribution in [0.1, 0.15) is 12.5 Å². The minimum atomic E-state index is -0.689. The van der Waals surface area contributed by atoms with Crippen LogP contribution in [-0.4, -0.2) is 16.0 Å². The highest BCUT2D eigenvalue weighted by Gasteiger charge is 2.13. The molecule has 0 atom stereocenters. The van der Waals surface area contributed by atoms with Crippen LogP contribution in [0.25, 0.3) is 0 Å². The van der Waals surface area contributed by atoms with Crippen molar-refractivity contribution < 1.29 is 19.4 Å². The highest BCUT2D eigenvalue weighted by molar-refractivity contribution is 5.79. The Balaban J connectivity index is 3.17. The van der Waals surface area contributed by atoms with E-state index in [1.54, 1.807) is 0 Å². The number of ketones is 1. The van der Waals surface area contributed by atoms with Crippen molar-refractivity contribution in [3.05, 3.63) is 23.5 Å². The number of carbonyl (C=O) groups is 1. The van der Waals surface area contributed by atoms with Gasteiger partial charge in [-0.25, -0.2) is 4.39 Å². The first-order chi connectivity index (χ1) is 6.02. The predicted octanol–water partition coefficient (Wildman–Crippen LogP) is 1.37. The molecular weight excluding hydrogens is 175 g/mol. The number of hydrogen-bond acceptors (Lipinski definition) is 3. The fourth-order valence-corrected chi connectivity index (χ4v) is 1.02. The molecule has 4 heteroatoms. The van der Waals surface area contributed by atoms with Gasteiger partial charge in [-0.15, -0.1) is 0 Å². The number of carbonyl (C=O) groups excluding carboxylic acids is 1. The molecule has 0 heterocycles.